The topological polar surface area (TPSA) is 102 Å². The van der Waals surface area contributed by atoms with Gasteiger partial charge in [0.1, 0.15) is 0 Å². The summed E-state index contributed by atoms with van der Waals surface area (Å²) in [7, 11) is 0. The van der Waals surface area contributed by atoms with Crippen molar-refractivity contribution in [3.05, 3.63) is 23.5 Å². The van der Waals surface area contributed by atoms with Crippen molar-refractivity contribution < 1.29 is 9.90 Å². The summed E-state index contributed by atoms with van der Waals surface area (Å²) < 4.78 is 0. The van der Waals surface area contributed by atoms with Crippen molar-refractivity contribution in [2.45, 2.75) is 0 Å². The summed E-state index contributed by atoms with van der Waals surface area (Å²) in [6.07, 6.45) is 5.84. The summed E-state index contributed by atoms with van der Waals surface area (Å²) in [5, 5.41) is 8.64. The second kappa shape index (κ2) is 4.62. The van der Waals surface area contributed by atoms with Gasteiger partial charge in [-0.05, 0) is 0 Å². The zero-order valence-corrected chi connectivity index (χ0v) is 6.82. The Hall–Kier alpha value is -2.22. The van der Waals surface area contributed by atoms with Gasteiger partial charge < -0.3 is 16.6 Å². The van der Waals surface area contributed by atoms with Gasteiger partial charge in [-0.15, -0.1) is 6.42 Å². The van der Waals surface area contributed by atoms with Gasteiger partial charge in [-0.25, -0.2) is 9.79 Å². The van der Waals surface area contributed by atoms with Crippen LogP contribution in [0.5, 0.6) is 0 Å². The Balaban J connectivity index is 5.43. The third-order valence-corrected chi connectivity index (χ3v) is 1.11. The van der Waals surface area contributed by atoms with E-state index in [0.717, 1.165) is 6.34 Å². The number of carbonyl (C=O) groups is 1. The number of nitrogens with zero attached hydrogens (tertiary/aromatic N) is 1. The normalized spacial score (nSPS) is 11.9. The highest BCUT2D eigenvalue weighted by Gasteiger charge is 2.12. The van der Waals surface area contributed by atoms with Crippen LogP contribution in [0.1, 0.15) is 0 Å². The SMILES string of the molecule is C#C/C(C(=C)N)=C(/N=CN)C(=O)O. The minimum Gasteiger partial charge on any atom is -0.476 e. The molecule has 5 N–H and O–H groups in total. The summed E-state index contributed by atoms with van der Waals surface area (Å²) in [5.41, 5.74) is 9.67. The van der Waals surface area contributed by atoms with Crippen LogP contribution in [0.4, 0.5) is 0 Å². The van der Waals surface area contributed by atoms with E-state index in [-0.39, 0.29) is 11.3 Å². The number of hydrogen-bond acceptors (Lipinski definition) is 3. The lowest BCUT2D eigenvalue weighted by Crippen LogP contribution is -2.08. The Labute approximate surface area is 75.4 Å². The van der Waals surface area contributed by atoms with Crippen LogP contribution < -0.4 is 11.5 Å². The number of allylic oxidation sites excluding steroid dienone is 1. The molecule has 0 rings (SSSR count). The predicted molar refractivity (Wildman–Crippen MR) is 49.5 cm³/mol. The summed E-state index contributed by atoms with van der Waals surface area (Å²) >= 11 is 0. The van der Waals surface area contributed by atoms with Crippen molar-refractivity contribution in [2.75, 3.05) is 0 Å². The van der Waals surface area contributed by atoms with E-state index < -0.39 is 11.7 Å². The Morgan fingerprint density at radius 3 is 2.46 bits per heavy atom. The quantitative estimate of drug-likeness (QED) is 0.177. The number of carboxylic acids is 1. The van der Waals surface area contributed by atoms with Gasteiger partial charge in [-0.2, -0.15) is 0 Å². The van der Waals surface area contributed by atoms with Gasteiger partial charge in [-0.3, -0.25) is 0 Å². The van der Waals surface area contributed by atoms with E-state index >= 15 is 0 Å². The molecule has 0 spiro atoms. The number of terminal acetylenes is 1. The highest BCUT2D eigenvalue weighted by molar-refractivity contribution is 5.90. The first-order chi connectivity index (χ1) is 6.04. The van der Waals surface area contributed by atoms with E-state index in [1.165, 1.54) is 0 Å². The van der Waals surface area contributed by atoms with Crippen LogP contribution in [0, 0.1) is 12.3 Å². The third-order valence-electron chi connectivity index (χ3n) is 1.11. The van der Waals surface area contributed by atoms with Crippen molar-refractivity contribution in [3.63, 3.8) is 0 Å². The smallest absolute Gasteiger partial charge is 0.355 e. The highest BCUT2D eigenvalue weighted by atomic mass is 16.4. The maximum Gasteiger partial charge on any atom is 0.355 e. The molecule has 0 saturated carbocycles. The molecule has 0 aliphatic rings. The minimum atomic E-state index is -1.30. The Bertz CT molecular complexity index is 334. The maximum atomic E-state index is 10.6. The Morgan fingerprint density at radius 1 is 1.69 bits per heavy atom. The van der Waals surface area contributed by atoms with Gasteiger partial charge in [0, 0.05) is 5.70 Å². The van der Waals surface area contributed by atoms with Crippen LogP contribution in [0.15, 0.2) is 28.5 Å². The highest BCUT2D eigenvalue weighted by Crippen LogP contribution is 2.09. The number of rotatable bonds is 3. The average Bonchev–Trinajstić information content (AvgIpc) is 2.03. The molecule has 0 fully saturated rings. The lowest BCUT2D eigenvalue weighted by atomic mass is 10.1. The number of aliphatic carboxylic acids is 1. The monoisotopic (exact) mass is 179 g/mol. The van der Waals surface area contributed by atoms with E-state index in [0.29, 0.717) is 0 Å². The molecule has 0 saturated heterocycles. The minimum absolute atomic E-state index is 0.0366. The third kappa shape index (κ3) is 2.71. The second-order valence-corrected chi connectivity index (χ2v) is 1.98. The Morgan fingerprint density at radius 2 is 2.23 bits per heavy atom. The Kier molecular flexibility index (Phi) is 3.83. The summed E-state index contributed by atoms with van der Waals surface area (Å²) in [4.78, 5) is 13.9. The van der Waals surface area contributed by atoms with Crippen molar-refractivity contribution in [2.24, 2.45) is 16.5 Å². The molecule has 0 radical (unpaired) electrons. The molecule has 0 aliphatic carbocycles. The van der Waals surface area contributed by atoms with Gasteiger partial charge in [0.25, 0.3) is 0 Å². The molecule has 0 aliphatic heterocycles. The molecule has 13 heavy (non-hydrogen) atoms. The van der Waals surface area contributed by atoms with Crippen molar-refractivity contribution >= 4 is 12.3 Å². The maximum absolute atomic E-state index is 10.6. The van der Waals surface area contributed by atoms with Gasteiger partial charge >= 0.3 is 5.97 Å². The first-order valence-corrected chi connectivity index (χ1v) is 3.17. The second-order valence-electron chi connectivity index (χ2n) is 1.98. The van der Waals surface area contributed by atoms with E-state index in [2.05, 4.69) is 17.5 Å². The average molecular weight is 179 g/mol. The van der Waals surface area contributed by atoms with Gasteiger partial charge in [0.05, 0.1) is 11.9 Å². The fourth-order valence-corrected chi connectivity index (χ4v) is 0.614. The fourth-order valence-electron chi connectivity index (χ4n) is 0.614. The molecular formula is C8H9N3O2. The van der Waals surface area contributed by atoms with Crippen LogP contribution in [0.3, 0.4) is 0 Å². The molecule has 0 aromatic carbocycles. The van der Waals surface area contributed by atoms with Crippen LogP contribution in [0.2, 0.25) is 0 Å². The largest absolute Gasteiger partial charge is 0.476 e. The number of hydrogen-bond donors (Lipinski definition) is 3. The fraction of sp³-hybridized carbons (Fsp3) is 0. The molecule has 0 bridgehead atoms. The van der Waals surface area contributed by atoms with Crippen LogP contribution in [-0.2, 0) is 4.79 Å². The van der Waals surface area contributed by atoms with Crippen LogP contribution in [-0.4, -0.2) is 17.4 Å². The zero-order valence-electron chi connectivity index (χ0n) is 6.82. The van der Waals surface area contributed by atoms with Crippen molar-refractivity contribution in [1.82, 2.24) is 0 Å². The summed E-state index contributed by atoms with van der Waals surface area (Å²) in [5.74, 6) is 0.768. The first-order valence-electron chi connectivity index (χ1n) is 3.17. The molecule has 0 atom stereocenters. The van der Waals surface area contributed by atoms with E-state index in [4.69, 9.17) is 23.0 Å². The summed E-state index contributed by atoms with van der Waals surface area (Å²) in [6.45, 7) is 3.31. The molecule has 0 aromatic rings. The molecule has 0 unspecified atom stereocenters. The van der Waals surface area contributed by atoms with Crippen LogP contribution in [0.25, 0.3) is 0 Å². The first kappa shape index (κ1) is 10.8. The predicted octanol–water partition coefficient (Wildman–Crippen LogP) is -0.582. The molecule has 0 amide bonds. The van der Waals surface area contributed by atoms with E-state index in [9.17, 15) is 4.79 Å². The van der Waals surface area contributed by atoms with Gasteiger partial charge in [-0.1, -0.05) is 12.5 Å². The van der Waals surface area contributed by atoms with Crippen molar-refractivity contribution in [1.29, 1.82) is 0 Å². The van der Waals surface area contributed by atoms with E-state index in [1.807, 2.05) is 0 Å². The van der Waals surface area contributed by atoms with Crippen LogP contribution >= 0.6 is 0 Å². The molecule has 5 heteroatoms. The van der Waals surface area contributed by atoms with E-state index in [1.54, 1.807) is 0 Å². The molecule has 0 heterocycles. The van der Waals surface area contributed by atoms with Crippen molar-refractivity contribution in [3.8, 4) is 12.3 Å². The number of carboxylic acid groups (broad SMARTS) is 1. The molecular weight excluding hydrogens is 170 g/mol. The number of nitrogens with two attached hydrogens (primary N) is 2. The molecule has 5 nitrogen and oxygen atoms in total. The molecule has 0 aromatic heterocycles. The zero-order chi connectivity index (χ0) is 10.4. The number of aliphatic imine (C=N–C) groups is 1. The lowest BCUT2D eigenvalue weighted by Gasteiger charge is -2.00. The van der Waals surface area contributed by atoms with Gasteiger partial charge in [0.15, 0.2) is 5.70 Å². The van der Waals surface area contributed by atoms with Gasteiger partial charge in [0.2, 0.25) is 0 Å². The summed E-state index contributed by atoms with van der Waals surface area (Å²) in [6, 6.07) is 0. The standard InChI is InChI=1S/C8H9N3O2/c1-3-6(5(2)10)7(8(12)13)11-4-9/h1,4H,2,10H2,(H2,9,11)(H,12,13)/b7-6-. The lowest BCUT2D eigenvalue weighted by molar-refractivity contribution is -0.132. The molecule has 68 valence electrons.